The Bertz CT molecular complexity index is 300. The summed E-state index contributed by atoms with van der Waals surface area (Å²) in [4.78, 5) is 0. The van der Waals surface area contributed by atoms with E-state index in [0.29, 0.717) is 4.77 Å². The molecule has 1 aliphatic rings. The molecule has 66 valence electrons. The molecule has 6 heteroatoms. The number of rotatable bonds is 2. The van der Waals surface area contributed by atoms with Gasteiger partial charge in [-0.15, -0.1) is 0 Å². The molecule has 2 heterocycles. The summed E-state index contributed by atoms with van der Waals surface area (Å²) in [5.41, 5.74) is 0. The highest BCUT2D eigenvalue weighted by Gasteiger charge is 2.16. The number of tetrazole rings is 1. The van der Waals surface area contributed by atoms with Gasteiger partial charge in [0, 0.05) is 6.61 Å². The zero-order chi connectivity index (χ0) is 8.39. The standard InChI is InChI=1S/C6H10N4OS/c12-6-7-8-9-10(6)4-5-2-1-3-11-5/h5H,1-4H2,(H,7,9,12)/t5-/m1/s1. The van der Waals surface area contributed by atoms with Crippen molar-refractivity contribution in [2.75, 3.05) is 6.61 Å². The van der Waals surface area contributed by atoms with Crippen LogP contribution in [0.25, 0.3) is 0 Å². The van der Waals surface area contributed by atoms with Gasteiger partial charge in [0.15, 0.2) is 0 Å². The first kappa shape index (κ1) is 7.88. The molecular weight excluding hydrogens is 176 g/mol. The number of hydrogen-bond acceptors (Lipinski definition) is 4. The fourth-order valence-electron chi connectivity index (χ4n) is 1.33. The topological polar surface area (TPSA) is 55.7 Å². The first-order valence-corrected chi connectivity index (χ1v) is 4.36. The predicted molar refractivity (Wildman–Crippen MR) is 44.2 cm³/mol. The van der Waals surface area contributed by atoms with Gasteiger partial charge in [0.2, 0.25) is 4.77 Å². The molecule has 0 unspecified atom stereocenters. The van der Waals surface area contributed by atoms with E-state index in [1.807, 2.05) is 0 Å². The summed E-state index contributed by atoms with van der Waals surface area (Å²) in [7, 11) is 0. The van der Waals surface area contributed by atoms with E-state index >= 15 is 0 Å². The molecule has 0 radical (unpaired) electrons. The van der Waals surface area contributed by atoms with Gasteiger partial charge in [0.05, 0.1) is 12.6 Å². The Hall–Kier alpha value is -0.750. The number of hydrogen-bond donors (Lipinski definition) is 1. The molecule has 0 saturated carbocycles. The quantitative estimate of drug-likeness (QED) is 0.684. The Morgan fingerprint density at radius 2 is 2.67 bits per heavy atom. The van der Waals surface area contributed by atoms with Crippen LogP contribution in [-0.4, -0.2) is 32.9 Å². The monoisotopic (exact) mass is 186 g/mol. The van der Waals surface area contributed by atoms with Gasteiger partial charge in [-0.1, -0.05) is 10.3 Å². The highest BCUT2D eigenvalue weighted by Crippen LogP contribution is 2.13. The van der Waals surface area contributed by atoms with Crippen LogP contribution in [0.4, 0.5) is 0 Å². The summed E-state index contributed by atoms with van der Waals surface area (Å²) in [6.45, 7) is 1.60. The van der Waals surface area contributed by atoms with Crippen molar-refractivity contribution < 1.29 is 4.74 Å². The molecule has 12 heavy (non-hydrogen) atoms. The minimum atomic E-state index is 0.277. The first-order chi connectivity index (χ1) is 5.86. The summed E-state index contributed by atoms with van der Waals surface area (Å²) in [6.07, 6.45) is 2.51. The van der Waals surface area contributed by atoms with Crippen molar-refractivity contribution in [3.05, 3.63) is 4.77 Å². The van der Waals surface area contributed by atoms with Gasteiger partial charge in [-0.25, -0.2) is 4.68 Å². The van der Waals surface area contributed by atoms with E-state index in [4.69, 9.17) is 17.0 Å². The molecule has 1 N–H and O–H groups in total. The molecule has 0 amide bonds. The third kappa shape index (κ3) is 1.54. The Kier molecular flexibility index (Phi) is 2.18. The largest absolute Gasteiger partial charge is 0.376 e. The van der Waals surface area contributed by atoms with Crippen molar-refractivity contribution in [2.45, 2.75) is 25.5 Å². The summed E-state index contributed by atoms with van der Waals surface area (Å²) >= 11 is 4.92. The predicted octanol–water partition coefficient (Wildman–Crippen LogP) is 0.515. The highest BCUT2D eigenvalue weighted by molar-refractivity contribution is 7.71. The third-order valence-corrected chi connectivity index (χ3v) is 2.24. The van der Waals surface area contributed by atoms with Gasteiger partial charge in [-0.2, -0.15) is 5.21 Å². The maximum atomic E-state index is 5.44. The number of ether oxygens (including phenoxy) is 1. The van der Waals surface area contributed by atoms with E-state index < -0.39 is 0 Å². The van der Waals surface area contributed by atoms with Gasteiger partial charge in [0.25, 0.3) is 0 Å². The first-order valence-electron chi connectivity index (χ1n) is 3.96. The number of nitrogens with zero attached hydrogens (tertiary/aromatic N) is 3. The second-order valence-corrected chi connectivity index (χ2v) is 3.19. The fraction of sp³-hybridized carbons (Fsp3) is 0.833. The van der Waals surface area contributed by atoms with E-state index in [2.05, 4.69) is 15.5 Å². The molecule has 2 rings (SSSR count). The van der Waals surface area contributed by atoms with E-state index in [1.165, 1.54) is 0 Å². The zero-order valence-electron chi connectivity index (χ0n) is 6.56. The maximum absolute atomic E-state index is 5.44. The van der Waals surface area contributed by atoms with Crippen molar-refractivity contribution in [3.8, 4) is 0 Å². The lowest BCUT2D eigenvalue weighted by molar-refractivity contribution is 0.0931. The molecule has 0 bridgehead atoms. The van der Waals surface area contributed by atoms with Crippen LogP contribution in [0.15, 0.2) is 0 Å². The number of aromatic amines is 1. The van der Waals surface area contributed by atoms with Gasteiger partial charge >= 0.3 is 0 Å². The molecule has 1 aromatic rings. The smallest absolute Gasteiger partial charge is 0.238 e. The highest BCUT2D eigenvalue weighted by atomic mass is 32.1. The lowest BCUT2D eigenvalue weighted by atomic mass is 10.2. The lowest BCUT2D eigenvalue weighted by Crippen LogP contribution is -2.16. The zero-order valence-corrected chi connectivity index (χ0v) is 7.38. The number of aromatic nitrogens is 4. The van der Waals surface area contributed by atoms with E-state index in [1.54, 1.807) is 4.68 Å². The summed E-state index contributed by atoms with van der Waals surface area (Å²) < 4.78 is 7.66. The SMILES string of the molecule is S=c1nn[nH]n1C[C@H]1CCCO1. The second kappa shape index (κ2) is 3.32. The maximum Gasteiger partial charge on any atom is 0.238 e. The summed E-state index contributed by atoms with van der Waals surface area (Å²) in [5, 5.41) is 9.97. The molecule has 1 atom stereocenters. The van der Waals surface area contributed by atoms with Crippen LogP contribution in [-0.2, 0) is 11.3 Å². The fourth-order valence-corrected chi connectivity index (χ4v) is 1.48. The van der Waals surface area contributed by atoms with Crippen molar-refractivity contribution >= 4 is 12.2 Å². The summed E-state index contributed by atoms with van der Waals surface area (Å²) in [6, 6.07) is 0. The van der Waals surface area contributed by atoms with Crippen LogP contribution in [0, 0.1) is 4.77 Å². The van der Waals surface area contributed by atoms with E-state index in [9.17, 15) is 0 Å². The van der Waals surface area contributed by atoms with Crippen LogP contribution in [0.2, 0.25) is 0 Å². The van der Waals surface area contributed by atoms with Crippen LogP contribution in [0.1, 0.15) is 12.8 Å². The number of H-pyrrole nitrogens is 1. The molecule has 5 nitrogen and oxygen atoms in total. The second-order valence-electron chi connectivity index (χ2n) is 2.83. The average molecular weight is 186 g/mol. The van der Waals surface area contributed by atoms with Crippen LogP contribution < -0.4 is 0 Å². The third-order valence-electron chi connectivity index (χ3n) is 1.94. The van der Waals surface area contributed by atoms with Gasteiger partial charge in [-0.3, -0.25) is 0 Å². The Morgan fingerprint density at radius 1 is 1.75 bits per heavy atom. The van der Waals surface area contributed by atoms with E-state index in [0.717, 1.165) is 26.0 Å². The molecular formula is C6H10N4OS. The molecule has 1 aromatic heterocycles. The Labute approximate surface area is 74.7 Å². The van der Waals surface area contributed by atoms with Crippen molar-refractivity contribution in [3.63, 3.8) is 0 Å². The molecule has 1 saturated heterocycles. The van der Waals surface area contributed by atoms with Crippen molar-refractivity contribution in [2.24, 2.45) is 0 Å². The minimum absolute atomic E-state index is 0.277. The normalized spacial score (nSPS) is 23.2. The molecule has 0 spiro atoms. The van der Waals surface area contributed by atoms with Crippen LogP contribution in [0.3, 0.4) is 0 Å². The lowest BCUT2D eigenvalue weighted by Gasteiger charge is -2.07. The molecule has 0 aromatic carbocycles. The van der Waals surface area contributed by atoms with Gasteiger partial charge < -0.3 is 4.74 Å². The minimum Gasteiger partial charge on any atom is -0.376 e. The molecule has 0 aliphatic carbocycles. The van der Waals surface area contributed by atoms with Gasteiger partial charge in [0.1, 0.15) is 0 Å². The van der Waals surface area contributed by atoms with Crippen molar-refractivity contribution in [1.82, 2.24) is 20.2 Å². The number of nitrogens with one attached hydrogen (secondary N) is 1. The van der Waals surface area contributed by atoms with Crippen molar-refractivity contribution in [1.29, 1.82) is 0 Å². The van der Waals surface area contributed by atoms with Crippen LogP contribution >= 0.6 is 12.2 Å². The molecule has 1 aliphatic heterocycles. The summed E-state index contributed by atoms with van der Waals surface area (Å²) in [5.74, 6) is 0. The molecule has 1 fully saturated rings. The van der Waals surface area contributed by atoms with Gasteiger partial charge in [-0.05, 0) is 25.1 Å². The average Bonchev–Trinajstić information content (AvgIpc) is 2.65. The Morgan fingerprint density at radius 3 is 3.25 bits per heavy atom. The Balaban J connectivity index is 2.03. The van der Waals surface area contributed by atoms with Crippen LogP contribution in [0.5, 0.6) is 0 Å². The van der Waals surface area contributed by atoms with E-state index in [-0.39, 0.29) is 6.10 Å².